The molecule has 6 heteroatoms. The molecule has 0 bridgehead atoms. The minimum Gasteiger partial charge on any atom is -0.320 e. The molecule has 0 aromatic carbocycles. The SMILES string of the molecule is CC(N)C(=O)Nc1ncnn1C. The van der Waals surface area contributed by atoms with Crippen LogP contribution in [0.5, 0.6) is 0 Å². The zero-order chi connectivity index (χ0) is 9.14. The van der Waals surface area contributed by atoms with Crippen molar-refractivity contribution in [1.82, 2.24) is 14.8 Å². The Balaban J connectivity index is 2.64. The summed E-state index contributed by atoms with van der Waals surface area (Å²) in [4.78, 5) is 14.8. The standard InChI is InChI=1S/C6H11N5O/c1-4(7)5(12)10-6-8-3-9-11(6)2/h3-4H,7H2,1-2H3,(H,8,9,10,12). The van der Waals surface area contributed by atoms with E-state index in [9.17, 15) is 4.79 Å². The molecule has 0 spiro atoms. The second-order valence-electron chi connectivity index (χ2n) is 2.49. The lowest BCUT2D eigenvalue weighted by Crippen LogP contribution is -2.33. The van der Waals surface area contributed by atoms with Gasteiger partial charge in [0.1, 0.15) is 6.33 Å². The van der Waals surface area contributed by atoms with Gasteiger partial charge >= 0.3 is 0 Å². The number of hydrogen-bond donors (Lipinski definition) is 2. The van der Waals surface area contributed by atoms with E-state index < -0.39 is 6.04 Å². The van der Waals surface area contributed by atoms with Crippen molar-refractivity contribution in [3.05, 3.63) is 6.33 Å². The first-order valence-corrected chi connectivity index (χ1v) is 3.51. The Kier molecular flexibility index (Phi) is 2.39. The number of aryl methyl sites for hydroxylation is 1. The van der Waals surface area contributed by atoms with Gasteiger partial charge in [-0.25, -0.2) is 4.68 Å². The van der Waals surface area contributed by atoms with E-state index in [1.165, 1.54) is 11.0 Å². The van der Waals surface area contributed by atoms with Gasteiger partial charge in [0.05, 0.1) is 6.04 Å². The quantitative estimate of drug-likeness (QED) is 0.600. The molecule has 1 rings (SSSR count). The van der Waals surface area contributed by atoms with Crippen molar-refractivity contribution < 1.29 is 4.79 Å². The number of nitrogens with zero attached hydrogens (tertiary/aromatic N) is 3. The van der Waals surface area contributed by atoms with Crippen LogP contribution in [0.15, 0.2) is 6.33 Å². The van der Waals surface area contributed by atoms with Crippen LogP contribution in [0.4, 0.5) is 5.95 Å². The van der Waals surface area contributed by atoms with Gasteiger partial charge in [-0.1, -0.05) is 0 Å². The highest BCUT2D eigenvalue weighted by molar-refractivity contribution is 5.92. The summed E-state index contributed by atoms with van der Waals surface area (Å²) < 4.78 is 1.46. The lowest BCUT2D eigenvalue weighted by Gasteiger charge is -2.05. The van der Waals surface area contributed by atoms with Crippen molar-refractivity contribution in [2.24, 2.45) is 12.8 Å². The zero-order valence-corrected chi connectivity index (χ0v) is 6.98. The first kappa shape index (κ1) is 8.66. The number of aromatic nitrogens is 3. The number of carbonyl (C=O) groups excluding carboxylic acids is 1. The second kappa shape index (κ2) is 3.31. The summed E-state index contributed by atoms with van der Waals surface area (Å²) in [5.41, 5.74) is 5.33. The van der Waals surface area contributed by atoms with Crippen LogP contribution < -0.4 is 11.1 Å². The Hall–Kier alpha value is -1.43. The predicted octanol–water partition coefficient (Wildman–Crippen LogP) is -0.899. The molecule has 0 aliphatic carbocycles. The van der Waals surface area contributed by atoms with Gasteiger partial charge in [-0.2, -0.15) is 10.1 Å². The maximum Gasteiger partial charge on any atom is 0.243 e. The molecule has 1 atom stereocenters. The molecule has 0 saturated heterocycles. The number of hydrogen-bond acceptors (Lipinski definition) is 4. The van der Waals surface area contributed by atoms with Gasteiger partial charge in [0, 0.05) is 7.05 Å². The largest absolute Gasteiger partial charge is 0.320 e. The third-order valence-corrected chi connectivity index (χ3v) is 1.36. The second-order valence-corrected chi connectivity index (χ2v) is 2.49. The van der Waals surface area contributed by atoms with Crippen LogP contribution in [-0.4, -0.2) is 26.7 Å². The van der Waals surface area contributed by atoms with Crippen molar-refractivity contribution in [1.29, 1.82) is 0 Å². The molecule has 12 heavy (non-hydrogen) atoms. The van der Waals surface area contributed by atoms with E-state index in [1.54, 1.807) is 14.0 Å². The fourth-order valence-corrected chi connectivity index (χ4v) is 0.633. The summed E-state index contributed by atoms with van der Waals surface area (Å²) in [6.07, 6.45) is 1.36. The summed E-state index contributed by atoms with van der Waals surface area (Å²) in [6, 6.07) is -0.540. The molecule has 0 fully saturated rings. The van der Waals surface area contributed by atoms with Crippen LogP contribution in [0.3, 0.4) is 0 Å². The number of amides is 1. The molecule has 1 heterocycles. The van der Waals surface area contributed by atoms with Gasteiger partial charge in [-0.3, -0.25) is 10.1 Å². The molecule has 0 aliphatic rings. The van der Waals surface area contributed by atoms with Crippen molar-refractivity contribution >= 4 is 11.9 Å². The van der Waals surface area contributed by atoms with E-state index in [4.69, 9.17) is 5.73 Å². The summed E-state index contributed by atoms with van der Waals surface area (Å²) >= 11 is 0. The smallest absolute Gasteiger partial charge is 0.243 e. The van der Waals surface area contributed by atoms with Gasteiger partial charge in [0.15, 0.2) is 0 Å². The Morgan fingerprint density at radius 2 is 2.50 bits per heavy atom. The van der Waals surface area contributed by atoms with Crippen molar-refractivity contribution in [2.75, 3.05) is 5.32 Å². The Bertz CT molecular complexity index is 279. The predicted molar refractivity (Wildman–Crippen MR) is 43.3 cm³/mol. The number of nitrogens with two attached hydrogens (primary N) is 1. The average Bonchev–Trinajstić information content (AvgIpc) is 2.36. The molecule has 0 saturated carbocycles. The maximum absolute atomic E-state index is 11.0. The number of nitrogens with one attached hydrogen (secondary N) is 1. The van der Waals surface area contributed by atoms with E-state index >= 15 is 0 Å². The Labute approximate surface area is 69.8 Å². The summed E-state index contributed by atoms with van der Waals surface area (Å²) in [5, 5.41) is 6.29. The van der Waals surface area contributed by atoms with Crippen LogP contribution in [0, 0.1) is 0 Å². The lowest BCUT2D eigenvalue weighted by atomic mass is 10.3. The maximum atomic E-state index is 11.0. The number of carbonyl (C=O) groups is 1. The third kappa shape index (κ3) is 1.79. The number of rotatable bonds is 2. The first-order chi connectivity index (χ1) is 5.61. The van der Waals surface area contributed by atoms with Crippen molar-refractivity contribution in [2.45, 2.75) is 13.0 Å². The van der Waals surface area contributed by atoms with E-state index in [-0.39, 0.29) is 5.91 Å². The highest BCUT2D eigenvalue weighted by atomic mass is 16.2. The highest BCUT2D eigenvalue weighted by Crippen LogP contribution is 1.97. The summed E-state index contributed by atoms with van der Waals surface area (Å²) in [6.45, 7) is 1.60. The fourth-order valence-electron chi connectivity index (χ4n) is 0.633. The molecule has 0 radical (unpaired) electrons. The Morgan fingerprint density at radius 1 is 1.83 bits per heavy atom. The van der Waals surface area contributed by atoms with Crippen LogP contribution in [0.2, 0.25) is 0 Å². The van der Waals surface area contributed by atoms with Crippen LogP contribution in [0.25, 0.3) is 0 Å². The molecule has 0 aliphatic heterocycles. The lowest BCUT2D eigenvalue weighted by molar-refractivity contribution is -0.117. The topological polar surface area (TPSA) is 85.8 Å². The third-order valence-electron chi connectivity index (χ3n) is 1.36. The molecule has 1 aromatic heterocycles. The van der Waals surface area contributed by atoms with Crippen molar-refractivity contribution in [3.8, 4) is 0 Å². The molecule has 66 valence electrons. The van der Waals surface area contributed by atoms with E-state index in [2.05, 4.69) is 15.4 Å². The van der Waals surface area contributed by atoms with Gasteiger partial charge in [0.2, 0.25) is 11.9 Å². The van der Waals surface area contributed by atoms with E-state index in [1.807, 2.05) is 0 Å². The molecule has 1 aromatic rings. The molecule has 1 amide bonds. The van der Waals surface area contributed by atoms with Crippen LogP contribution >= 0.6 is 0 Å². The van der Waals surface area contributed by atoms with Crippen LogP contribution in [0.1, 0.15) is 6.92 Å². The first-order valence-electron chi connectivity index (χ1n) is 3.51. The minimum absolute atomic E-state index is 0.272. The highest BCUT2D eigenvalue weighted by Gasteiger charge is 2.09. The van der Waals surface area contributed by atoms with Crippen molar-refractivity contribution in [3.63, 3.8) is 0 Å². The summed E-state index contributed by atoms with van der Waals surface area (Å²) in [5.74, 6) is 0.128. The normalized spacial score (nSPS) is 12.6. The van der Waals surface area contributed by atoms with E-state index in [0.717, 1.165) is 0 Å². The molecular weight excluding hydrogens is 158 g/mol. The van der Waals surface area contributed by atoms with Gasteiger partial charge < -0.3 is 5.73 Å². The number of anilines is 1. The molecule has 6 nitrogen and oxygen atoms in total. The van der Waals surface area contributed by atoms with E-state index in [0.29, 0.717) is 5.95 Å². The zero-order valence-electron chi connectivity index (χ0n) is 6.98. The van der Waals surface area contributed by atoms with Gasteiger partial charge in [-0.15, -0.1) is 0 Å². The fraction of sp³-hybridized carbons (Fsp3) is 0.500. The van der Waals surface area contributed by atoms with Gasteiger partial charge in [0.25, 0.3) is 0 Å². The molecule has 1 unspecified atom stereocenters. The Morgan fingerprint density at radius 3 is 2.92 bits per heavy atom. The molecular formula is C6H11N5O. The van der Waals surface area contributed by atoms with Crippen LogP contribution in [-0.2, 0) is 11.8 Å². The monoisotopic (exact) mass is 169 g/mol. The molecule has 3 N–H and O–H groups in total. The van der Waals surface area contributed by atoms with Gasteiger partial charge in [-0.05, 0) is 6.92 Å². The minimum atomic E-state index is -0.540. The summed E-state index contributed by atoms with van der Waals surface area (Å²) in [7, 11) is 1.68. The average molecular weight is 169 g/mol.